The van der Waals surface area contributed by atoms with Gasteiger partial charge in [-0.2, -0.15) is 8.78 Å². The van der Waals surface area contributed by atoms with E-state index >= 15 is 0 Å². The van der Waals surface area contributed by atoms with Crippen molar-refractivity contribution in [2.45, 2.75) is 38.7 Å². The van der Waals surface area contributed by atoms with E-state index in [4.69, 9.17) is 16.3 Å². The monoisotopic (exact) mass is 504 g/mol. The van der Waals surface area contributed by atoms with Gasteiger partial charge in [-0.05, 0) is 50.1 Å². The van der Waals surface area contributed by atoms with Crippen LogP contribution in [0.4, 0.5) is 20.2 Å². The van der Waals surface area contributed by atoms with Gasteiger partial charge in [0.15, 0.2) is 0 Å². The number of benzene rings is 2. The van der Waals surface area contributed by atoms with E-state index in [9.17, 15) is 18.4 Å². The van der Waals surface area contributed by atoms with Crippen molar-refractivity contribution in [2.75, 3.05) is 24.3 Å². The fourth-order valence-electron chi connectivity index (χ4n) is 3.65. The Labute approximate surface area is 207 Å². The Bertz CT molecular complexity index is 1220. The second kappa shape index (κ2) is 11.3. The zero-order chi connectivity index (χ0) is 25.6. The van der Waals surface area contributed by atoms with Gasteiger partial charge in [-0.1, -0.05) is 17.7 Å². The zero-order valence-corrected chi connectivity index (χ0v) is 20.4. The van der Waals surface area contributed by atoms with Gasteiger partial charge in [-0.3, -0.25) is 14.6 Å². The van der Waals surface area contributed by atoms with E-state index in [0.29, 0.717) is 18.6 Å². The first-order valence-electron chi connectivity index (χ1n) is 11.0. The molecule has 2 amide bonds. The summed E-state index contributed by atoms with van der Waals surface area (Å²) in [5.74, 6) is -5.19. The highest BCUT2D eigenvalue weighted by atomic mass is 35.5. The zero-order valence-electron chi connectivity index (χ0n) is 19.6. The van der Waals surface area contributed by atoms with E-state index < -0.39 is 23.3 Å². The van der Waals surface area contributed by atoms with Crippen LogP contribution in [-0.2, 0) is 15.5 Å². The number of amides is 2. The topological polar surface area (TPSA) is 92.4 Å². The Balaban J connectivity index is 1.58. The van der Waals surface area contributed by atoms with Crippen LogP contribution < -0.4 is 20.7 Å². The lowest BCUT2D eigenvalue weighted by molar-refractivity contribution is -0.146. The number of methoxy groups -OCH3 is 1. The van der Waals surface area contributed by atoms with E-state index in [1.54, 1.807) is 13.3 Å². The van der Waals surface area contributed by atoms with E-state index in [1.165, 1.54) is 19.1 Å². The number of anilines is 2. The average molecular weight is 505 g/mol. The first kappa shape index (κ1) is 26.2. The summed E-state index contributed by atoms with van der Waals surface area (Å²) in [6.07, 6.45) is 2.77. The summed E-state index contributed by atoms with van der Waals surface area (Å²) in [7, 11) is 1.59. The molecule has 0 aliphatic heterocycles. The Kier molecular flexibility index (Phi) is 8.45. The predicted octanol–water partition coefficient (Wildman–Crippen LogP) is 5.34. The van der Waals surface area contributed by atoms with Gasteiger partial charge >= 0.3 is 5.92 Å². The molecule has 1 heterocycles. The highest BCUT2D eigenvalue weighted by Crippen LogP contribution is 2.36. The third-order valence-corrected chi connectivity index (χ3v) is 5.57. The third-order valence-electron chi connectivity index (χ3n) is 5.33. The van der Waals surface area contributed by atoms with Crippen LogP contribution in [0.2, 0.25) is 5.02 Å². The quantitative estimate of drug-likeness (QED) is 0.324. The van der Waals surface area contributed by atoms with E-state index in [1.807, 2.05) is 31.2 Å². The lowest BCUT2D eigenvalue weighted by Crippen LogP contribution is -2.39. The molecule has 3 N–H and O–H groups in total. The molecule has 1 unspecified atom stereocenters. The van der Waals surface area contributed by atoms with Crippen molar-refractivity contribution < 1.29 is 23.1 Å². The average Bonchev–Trinajstić information content (AvgIpc) is 2.82. The van der Waals surface area contributed by atoms with Crippen molar-refractivity contribution in [2.24, 2.45) is 0 Å². The number of alkyl halides is 2. The summed E-state index contributed by atoms with van der Waals surface area (Å²) in [4.78, 5) is 28.1. The fourth-order valence-corrected chi connectivity index (χ4v) is 3.82. The minimum Gasteiger partial charge on any atom is -0.497 e. The molecule has 0 aliphatic rings. The largest absolute Gasteiger partial charge is 0.497 e. The highest BCUT2D eigenvalue weighted by Gasteiger charge is 2.43. The molecule has 3 aromatic rings. The van der Waals surface area contributed by atoms with E-state index in [2.05, 4.69) is 20.9 Å². The lowest BCUT2D eigenvalue weighted by Gasteiger charge is -2.20. The van der Waals surface area contributed by atoms with Gasteiger partial charge in [0.2, 0.25) is 5.91 Å². The standard InChI is InChI=1S/C25H27ClF2N4O3/c1-15(31-22-14-19(35-3)12-17-7-5-10-29-23(17)22)6-4-11-30-24(34)25(27,28)20-13-18(26)8-9-21(20)32-16(2)33/h5,7-10,12-15,31H,4,6,11H2,1-3H3,(H,30,34)(H,32,33). The molecule has 0 saturated heterocycles. The Morgan fingerprint density at radius 2 is 1.94 bits per heavy atom. The number of hydrogen-bond acceptors (Lipinski definition) is 5. The molecule has 3 rings (SSSR count). The number of nitrogens with zero attached hydrogens (tertiary/aromatic N) is 1. The Hall–Kier alpha value is -3.46. The molecule has 186 valence electrons. The van der Waals surface area contributed by atoms with Crippen LogP contribution in [-0.4, -0.2) is 36.5 Å². The van der Waals surface area contributed by atoms with Crippen LogP contribution in [0.1, 0.15) is 32.3 Å². The Morgan fingerprint density at radius 1 is 1.17 bits per heavy atom. The number of ether oxygens (including phenoxy) is 1. The smallest absolute Gasteiger partial charge is 0.351 e. The summed E-state index contributed by atoms with van der Waals surface area (Å²) in [6, 6.07) is 11.1. The third kappa shape index (κ3) is 6.57. The second-order valence-corrected chi connectivity index (χ2v) is 8.58. The summed E-state index contributed by atoms with van der Waals surface area (Å²) in [5, 5.41) is 8.92. The SMILES string of the molecule is COc1cc(NC(C)CCCNC(=O)C(F)(F)c2cc(Cl)ccc2NC(C)=O)c2ncccc2c1. The van der Waals surface area contributed by atoms with Gasteiger partial charge in [0, 0.05) is 42.2 Å². The van der Waals surface area contributed by atoms with Gasteiger partial charge in [0.1, 0.15) is 5.75 Å². The van der Waals surface area contributed by atoms with Crippen molar-refractivity contribution in [1.29, 1.82) is 0 Å². The van der Waals surface area contributed by atoms with Crippen LogP contribution in [0.25, 0.3) is 10.9 Å². The van der Waals surface area contributed by atoms with Crippen LogP contribution in [0, 0.1) is 0 Å². The molecular formula is C25H27ClF2N4O3. The van der Waals surface area contributed by atoms with E-state index in [-0.39, 0.29) is 23.3 Å². The first-order valence-corrected chi connectivity index (χ1v) is 11.4. The molecular weight excluding hydrogens is 478 g/mol. The molecule has 1 aromatic heterocycles. The maximum absolute atomic E-state index is 14.9. The number of nitrogens with one attached hydrogen (secondary N) is 3. The number of fused-ring (bicyclic) bond motifs is 1. The van der Waals surface area contributed by atoms with Gasteiger partial charge in [-0.15, -0.1) is 0 Å². The molecule has 10 heteroatoms. The number of aromatic nitrogens is 1. The van der Waals surface area contributed by atoms with Gasteiger partial charge < -0.3 is 20.7 Å². The van der Waals surface area contributed by atoms with Crippen LogP contribution in [0.3, 0.4) is 0 Å². The van der Waals surface area contributed by atoms with Crippen molar-refractivity contribution in [3.63, 3.8) is 0 Å². The maximum atomic E-state index is 14.9. The molecule has 0 fully saturated rings. The summed E-state index contributed by atoms with van der Waals surface area (Å²) in [5.41, 5.74) is 0.767. The number of carbonyl (C=O) groups is 2. The number of rotatable bonds is 10. The number of carbonyl (C=O) groups excluding carboxylic acids is 2. The van der Waals surface area contributed by atoms with Crippen LogP contribution in [0.5, 0.6) is 5.75 Å². The molecule has 0 spiro atoms. The van der Waals surface area contributed by atoms with Gasteiger partial charge in [0.25, 0.3) is 5.91 Å². The summed E-state index contributed by atoms with van der Waals surface area (Å²) in [6.45, 7) is 3.19. The fraction of sp³-hybridized carbons (Fsp3) is 0.320. The van der Waals surface area contributed by atoms with Crippen molar-refractivity contribution >= 4 is 45.7 Å². The molecule has 0 saturated carbocycles. The summed E-state index contributed by atoms with van der Waals surface area (Å²) >= 11 is 5.85. The summed E-state index contributed by atoms with van der Waals surface area (Å²) < 4.78 is 35.1. The number of halogens is 3. The first-order chi connectivity index (χ1) is 16.6. The lowest BCUT2D eigenvalue weighted by atomic mass is 10.0. The number of hydrogen-bond donors (Lipinski definition) is 3. The molecule has 2 aromatic carbocycles. The molecule has 7 nitrogen and oxygen atoms in total. The van der Waals surface area contributed by atoms with Crippen molar-refractivity contribution in [3.05, 3.63) is 59.2 Å². The van der Waals surface area contributed by atoms with E-state index in [0.717, 1.165) is 22.7 Å². The molecule has 0 radical (unpaired) electrons. The van der Waals surface area contributed by atoms with Gasteiger partial charge in [-0.25, -0.2) is 0 Å². The van der Waals surface area contributed by atoms with Crippen LogP contribution in [0.15, 0.2) is 48.7 Å². The minimum atomic E-state index is -3.88. The van der Waals surface area contributed by atoms with Crippen molar-refractivity contribution in [3.8, 4) is 5.75 Å². The highest BCUT2D eigenvalue weighted by molar-refractivity contribution is 6.30. The molecule has 0 bridgehead atoms. The Morgan fingerprint density at radius 3 is 2.66 bits per heavy atom. The maximum Gasteiger partial charge on any atom is 0.351 e. The van der Waals surface area contributed by atoms with Crippen molar-refractivity contribution in [1.82, 2.24) is 10.3 Å². The predicted molar refractivity (Wildman–Crippen MR) is 133 cm³/mol. The second-order valence-electron chi connectivity index (χ2n) is 8.14. The number of pyridine rings is 1. The molecule has 35 heavy (non-hydrogen) atoms. The molecule has 1 atom stereocenters. The minimum absolute atomic E-state index is 0.0241. The van der Waals surface area contributed by atoms with Crippen LogP contribution >= 0.6 is 11.6 Å². The van der Waals surface area contributed by atoms with Gasteiger partial charge in [0.05, 0.1) is 29.6 Å². The molecule has 0 aliphatic carbocycles. The normalized spacial score (nSPS) is 12.2.